The van der Waals surface area contributed by atoms with Crippen LogP contribution in [0.4, 0.5) is 0 Å². The van der Waals surface area contributed by atoms with E-state index in [-0.39, 0.29) is 0 Å². The minimum atomic E-state index is 0.632. The fourth-order valence-electron chi connectivity index (χ4n) is 3.70. The quantitative estimate of drug-likeness (QED) is 0.780. The molecule has 0 aromatic carbocycles. The Balaban J connectivity index is 1.53. The molecular formula is C13H24N2O. The van der Waals surface area contributed by atoms with E-state index < -0.39 is 0 Å². The molecule has 0 saturated carbocycles. The number of hydrogen-bond donors (Lipinski definition) is 1. The van der Waals surface area contributed by atoms with Crippen molar-refractivity contribution < 1.29 is 4.74 Å². The summed E-state index contributed by atoms with van der Waals surface area (Å²) in [5, 5.41) is 3.87. The normalized spacial score (nSPS) is 41.4. The molecule has 0 bridgehead atoms. The predicted octanol–water partition coefficient (Wildman–Crippen LogP) is 1.24. The number of rotatable bonds is 3. The van der Waals surface area contributed by atoms with Gasteiger partial charge in [0.25, 0.3) is 0 Å². The fourth-order valence-corrected chi connectivity index (χ4v) is 3.70. The second-order valence-electron chi connectivity index (χ2n) is 5.72. The third kappa shape index (κ3) is 2.01. The van der Waals surface area contributed by atoms with E-state index in [1.807, 2.05) is 0 Å². The molecule has 3 aliphatic rings. The van der Waals surface area contributed by atoms with E-state index in [2.05, 4.69) is 17.1 Å². The zero-order valence-corrected chi connectivity index (χ0v) is 10.3. The van der Waals surface area contributed by atoms with Crippen LogP contribution in [0.2, 0.25) is 0 Å². The van der Waals surface area contributed by atoms with Crippen LogP contribution in [0, 0.1) is 5.92 Å². The van der Waals surface area contributed by atoms with E-state index in [9.17, 15) is 0 Å². The standard InChI is InChI=1S/C13H24N2O/c1-10(11-5-8-16-9-11)14-12-4-7-15-6-2-3-13(12)15/h10-14H,2-9H2,1H3. The van der Waals surface area contributed by atoms with Crippen LogP contribution in [-0.4, -0.2) is 49.3 Å². The summed E-state index contributed by atoms with van der Waals surface area (Å²) >= 11 is 0. The van der Waals surface area contributed by atoms with Crippen molar-refractivity contribution in [3.8, 4) is 0 Å². The molecule has 0 aliphatic carbocycles. The monoisotopic (exact) mass is 224 g/mol. The van der Waals surface area contributed by atoms with Gasteiger partial charge in [-0.3, -0.25) is 4.90 Å². The van der Waals surface area contributed by atoms with Crippen molar-refractivity contribution in [1.29, 1.82) is 0 Å². The van der Waals surface area contributed by atoms with Gasteiger partial charge in [0.05, 0.1) is 6.61 Å². The molecule has 3 aliphatic heterocycles. The summed E-state index contributed by atoms with van der Waals surface area (Å²) in [5.41, 5.74) is 0. The highest BCUT2D eigenvalue weighted by atomic mass is 16.5. The van der Waals surface area contributed by atoms with Crippen molar-refractivity contribution >= 4 is 0 Å². The maximum Gasteiger partial charge on any atom is 0.0509 e. The Bertz CT molecular complexity index is 240. The molecular weight excluding hydrogens is 200 g/mol. The van der Waals surface area contributed by atoms with E-state index in [1.165, 1.54) is 38.8 Å². The van der Waals surface area contributed by atoms with Gasteiger partial charge in [0.1, 0.15) is 0 Å². The lowest BCUT2D eigenvalue weighted by Crippen LogP contribution is -2.46. The topological polar surface area (TPSA) is 24.5 Å². The molecule has 3 heterocycles. The second-order valence-corrected chi connectivity index (χ2v) is 5.72. The van der Waals surface area contributed by atoms with Crippen molar-refractivity contribution in [2.75, 3.05) is 26.3 Å². The van der Waals surface area contributed by atoms with Crippen molar-refractivity contribution in [3.05, 3.63) is 0 Å². The van der Waals surface area contributed by atoms with Gasteiger partial charge in [0, 0.05) is 31.3 Å². The third-order valence-electron chi connectivity index (χ3n) is 4.75. The zero-order valence-electron chi connectivity index (χ0n) is 10.3. The van der Waals surface area contributed by atoms with E-state index in [0.717, 1.165) is 31.2 Å². The molecule has 4 atom stereocenters. The zero-order chi connectivity index (χ0) is 11.0. The molecule has 0 aromatic heterocycles. The molecule has 0 radical (unpaired) electrons. The first kappa shape index (κ1) is 11.0. The predicted molar refractivity (Wildman–Crippen MR) is 64.5 cm³/mol. The van der Waals surface area contributed by atoms with Crippen molar-refractivity contribution in [3.63, 3.8) is 0 Å². The van der Waals surface area contributed by atoms with E-state index >= 15 is 0 Å². The molecule has 0 amide bonds. The highest BCUT2D eigenvalue weighted by Gasteiger charge is 2.38. The molecule has 16 heavy (non-hydrogen) atoms. The number of ether oxygens (including phenoxy) is 1. The third-order valence-corrected chi connectivity index (χ3v) is 4.75. The summed E-state index contributed by atoms with van der Waals surface area (Å²) in [6, 6.07) is 2.22. The van der Waals surface area contributed by atoms with Crippen molar-refractivity contribution in [2.45, 2.75) is 50.7 Å². The number of hydrogen-bond acceptors (Lipinski definition) is 3. The lowest BCUT2D eigenvalue weighted by atomic mass is 9.98. The Morgan fingerprint density at radius 2 is 2.19 bits per heavy atom. The maximum atomic E-state index is 5.48. The van der Waals surface area contributed by atoms with Crippen molar-refractivity contribution in [1.82, 2.24) is 10.2 Å². The van der Waals surface area contributed by atoms with Gasteiger partial charge >= 0.3 is 0 Å². The van der Waals surface area contributed by atoms with Crippen LogP contribution in [-0.2, 0) is 4.74 Å². The van der Waals surface area contributed by atoms with Gasteiger partial charge < -0.3 is 10.1 Å². The molecule has 92 valence electrons. The van der Waals surface area contributed by atoms with Crippen LogP contribution in [0.5, 0.6) is 0 Å². The molecule has 1 N–H and O–H groups in total. The molecule has 3 saturated heterocycles. The summed E-state index contributed by atoms with van der Waals surface area (Å²) in [6.07, 6.45) is 5.41. The molecule has 0 aromatic rings. The molecule has 0 spiro atoms. The second kappa shape index (κ2) is 4.63. The Morgan fingerprint density at radius 1 is 1.25 bits per heavy atom. The number of nitrogens with zero attached hydrogens (tertiary/aromatic N) is 1. The van der Waals surface area contributed by atoms with Gasteiger partial charge in [-0.05, 0) is 45.1 Å². The Morgan fingerprint density at radius 3 is 3.00 bits per heavy atom. The lowest BCUT2D eigenvalue weighted by Gasteiger charge is -2.27. The molecule has 3 nitrogen and oxygen atoms in total. The molecule has 3 fully saturated rings. The van der Waals surface area contributed by atoms with Gasteiger partial charge in [-0.25, -0.2) is 0 Å². The highest BCUT2D eigenvalue weighted by molar-refractivity contribution is 4.97. The fraction of sp³-hybridized carbons (Fsp3) is 1.00. The Hall–Kier alpha value is -0.120. The Kier molecular flexibility index (Phi) is 3.18. The summed E-state index contributed by atoms with van der Waals surface area (Å²) in [5.74, 6) is 0.746. The van der Waals surface area contributed by atoms with Crippen LogP contribution < -0.4 is 5.32 Å². The molecule has 3 rings (SSSR count). The smallest absolute Gasteiger partial charge is 0.0509 e. The average molecular weight is 224 g/mol. The van der Waals surface area contributed by atoms with Crippen LogP contribution in [0.3, 0.4) is 0 Å². The first-order chi connectivity index (χ1) is 7.84. The SMILES string of the molecule is CC(NC1CCN2CCCC12)C1CCOC1. The minimum Gasteiger partial charge on any atom is -0.381 e. The van der Waals surface area contributed by atoms with Crippen LogP contribution in [0.25, 0.3) is 0 Å². The van der Waals surface area contributed by atoms with Gasteiger partial charge in [0.15, 0.2) is 0 Å². The van der Waals surface area contributed by atoms with Gasteiger partial charge in [-0.1, -0.05) is 0 Å². The van der Waals surface area contributed by atoms with Gasteiger partial charge in [-0.15, -0.1) is 0 Å². The number of nitrogens with one attached hydrogen (secondary N) is 1. The first-order valence-corrected chi connectivity index (χ1v) is 6.92. The van der Waals surface area contributed by atoms with Crippen LogP contribution in [0.15, 0.2) is 0 Å². The van der Waals surface area contributed by atoms with Gasteiger partial charge in [0.2, 0.25) is 0 Å². The maximum absolute atomic E-state index is 5.48. The summed E-state index contributed by atoms with van der Waals surface area (Å²) in [7, 11) is 0. The van der Waals surface area contributed by atoms with E-state index in [0.29, 0.717) is 6.04 Å². The Labute approximate surface area is 98.5 Å². The summed E-state index contributed by atoms with van der Waals surface area (Å²) in [6.45, 7) is 6.93. The van der Waals surface area contributed by atoms with E-state index in [1.54, 1.807) is 0 Å². The molecule has 3 heteroatoms. The van der Waals surface area contributed by atoms with Crippen LogP contribution in [0.1, 0.15) is 32.6 Å². The largest absolute Gasteiger partial charge is 0.381 e. The van der Waals surface area contributed by atoms with E-state index in [4.69, 9.17) is 4.74 Å². The lowest BCUT2D eigenvalue weighted by molar-refractivity contribution is 0.175. The van der Waals surface area contributed by atoms with Crippen molar-refractivity contribution in [2.24, 2.45) is 5.92 Å². The average Bonchev–Trinajstić information content (AvgIpc) is 2.94. The minimum absolute atomic E-state index is 0.632. The summed E-state index contributed by atoms with van der Waals surface area (Å²) < 4.78 is 5.48. The summed E-state index contributed by atoms with van der Waals surface area (Å²) in [4.78, 5) is 2.68. The highest BCUT2D eigenvalue weighted by Crippen LogP contribution is 2.29. The first-order valence-electron chi connectivity index (χ1n) is 6.92. The molecule has 4 unspecified atom stereocenters. The van der Waals surface area contributed by atoms with Gasteiger partial charge in [-0.2, -0.15) is 0 Å². The van der Waals surface area contributed by atoms with Crippen LogP contribution >= 0.6 is 0 Å². The number of fused-ring (bicyclic) bond motifs is 1.